The summed E-state index contributed by atoms with van der Waals surface area (Å²) in [4.78, 5) is 11.2. The molecule has 1 atom stereocenters. The van der Waals surface area contributed by atoms with Gasteiger partial charge in [-0.2, -0.15) is 17.4 Å². The number of nitrogens with one attached hydrogen (secondary N) is 2. The van der Waals surface area contributed by atoms with Crippen LogP contribution in [0.3, 0.4) is 0 Å². The summed E-state index contributed by atoms with van der Waals surface area (Å²) >= 11 is 0. The highest BCUT2D eigenvalue weighted by Gasteiger charge is 2.29. The molecule has 1 amide bonds. The Morgan fingerprint density at radius 3 is 2.10 bits per heavy atom. The van der Waals surface area contributed by atoms with Crippen LogP contribution in [-0.2, 0) is 15.0 Å². The largest absolute Gasteiger partial charge is 0.354 e. The van der Waals surface area contributed by atoms with E-state index in [0.29, 0.717) is 31.5 Å². The number of carbonyl (C=O) groups is 1. The first-order chi connectivity index (χ1) is 9.70. The Labute approximate surface area is 128 Å². The summed E-state index contributed by atoms with van der Waals surface area (Å²) in [5, 5.41) is 2.65. The molecule has 1 rings (SSSR count). The van der Waals surface area contributed by atoms with Crippen LogP contribution in [0, 0.1) is 11.8 Å². The molecule has 1 aliphatic rings. The predicted octanol–water partition coefficient (Wildman–Crippen LogP) is 1.10. The van der Waals surface area contributed by atoms with Crippen molar-refractivity contribution in [2.75, 3.05) is 19.6 Å². The number of nitrogens with zero attached hydrogens (tertiary/aromatic N) is 1. The third-order valence-corrected chi connectivity index (χ3v) is 5.22. The molecule has 0 saturated carbocycles. The highest BCUT2D eigenvalue weighted by atomic mass is 32.2. The third-order valence-electron chi connectivity index (χ3n) is 3.54. The summed E-state index contributed by atoms with van der Waals surface area (Å²) in [7, 11) is -3.53. The Hall–Kier alpha value is -0.660. The van der Waals surface area contributed by atoms with Gasteiger partial charge in [0, 0.05) is 32.1 Å². The lowest BCUT2D eigenvalue weighted by Crippen LogP contribution is -2.47. The molecule has 7 heteroatoms. The van der Waals surface area contributed by atoms with Gasteiger partial charge in [0.1, 0.15) is 0 Å². The van der Waals surface area contributed by atoms with Crippen molar-refractivity contribution in [2.45, 2.75) is 53.0 Å². The second-order valence-corrected chi connectivity index (χ2v) is 8.29. The zero-order valence-corrected chi connectivity index (χ0v) is 14.4. The fourth-order valence-corrected chi connectivity index (χ4v) is 3.56. The van der Waals surface area contributed by atoms with Crippen molar-refractivity contribution in [2.24, 2.45) is 11.8 Å². The summed E-state index contributed by atoms with van der Waals surface area (Å²) in [5.41, 5.74) is 0. The van der Waals surface area contributed by atoms with Crippen LogP contribution in [-0.4, -0.2) is 44.3 Å². The first-order valence-electron chi connectivity index (χ1n) is 7.74. The molecule has 0 aromatic heterocycles. The minimum atomic E-state index is -3.53. The lowest BCUT2D eigenvalue weighted by atomic mass is 10.1. The van der Waals surface area contributed by atoms with E-state index in [1.54, 1.807) is 0 Å². The van der Waals surface area contributed by atoms with Gasteiger partial charge in [-0.05, 0) is 24.7 Å². The molecule has 21 heavy (non-hydrogen) atoms. The van der Waals surface area contributed by atoms with Gasteiger partial charge in [0.15, 0.2) is 0 Å². The van der Waals surface area contributed by atoms with Crippen LogP contribution >= 0.6 is 0 Å². The molecule has 6 nitrogen and oxygen atoms in total. The zero-order chi connectivity index (χ0) is 16.0. The number of hydrogen-bond acceptors (Lipinski definition) is 3. The number of carbonyl (C=O) groups excluding carboxylic acids is 1. The van der Waals surface area contributed by atoms with Crippen molar-refractivity contribution in [3.05, 3.63) is 0 Å². The lowest BCUT2D eigenvalue weighted by molar-refractivity contribution is -0.119. The second-order valence-electron chi connectivity index (χ2n) is 6.59. The highest BCUT2D eigenvalue weighted by Crippen LogP contribution is 2.11. The van der Waals surface area contributed by atoms with E-state index in [1.165, 1.54) is 4.31 Å². The molecule has 124 valence electrons. The SMILES string of the molecule is CC(C)CCN(CCC(C)C)S(=O)(=O)NC1CNC(=O)C1. The van der Waals surface area contributed by atoms with Crippen molar-refractivity contribution >= 4 is 16.1 Å². The van der Waals surface area contributed by atoms with Crippen molar-refractivity contribution in [1.29, 1.82) is 0 Å². The molecular formula is C14H29N3O3S. The van der Waals surface area contributed by atoms with E-state index in [1.807, 2.05) is 0 Å². The first-order valence-corrected chi connectivity index (χ1v) is 9.18. The van der Waals surface area contributed by atoms with Gasteiger partial charge in [-0.15, -0.1) is 0 Å². The minimum Gasteiger partial charge on any atom is -0.354 e. The highest BCUT2D eigenvalue weighted by molar-refractivity contribution is 7.87. The van der Waals surface area contributed by atoms with E-state index >= 15 is 0 Å². The summed E-state index contributed by atoms with van der Waals surface area (Å²) in [6, 6.07) is -0.330. The van der Waals surface area contributed by atoms with E-state index in [2.05, 4.69) is 37.7 Å². The molecule has 1 saturated heterocycles. The van der Waals surface area contributed by atoms with E-state index < -0.39 is 10.2 Å². The molecule has 1 fully saturated rings. The predicted molar refractivity (Wildman–Crippen MR) is 84.0 cm³/mol. The number of rotatable bonds is 9. The molecule has 2 N–H and O–H groups in total. The van der Waals surface area contributed by atoms with Gasteiger partial charge in [-0.3, -0.25) is 4.79 Å². The van der Waals surface area contributed by atoms with Gasteiger partial charge in [0.05, 0.1) is 0 Å². The quantitative estimate of drug-likeness (QED) is 0.668. The standard InChI is InChI=1S/C14H29N3O3S/c1-11(2)5-7-17(8-6-12(3)4)21(19,20)16-13-9-14(18)15-10-13/h11-13,16H,5-10H2,1-4H3,(H,15,18). The summed E-state index contributed by atoms with van der Waals surface area (Å²) in [5.74, 6) is 0.812. The summed E-state index contributed by atoms with van der Waals surface area (Å²) in [6.07, 6.45) is 1.89. The van der Waals surface area contributed by atoms with Gasteiger partial charge < -0.3 is 5.32 Å². The maximum absolute atomic E-state index is 12.5. The topological polar surface area (TPSA) is 78.5 Å². The molecule has 1 unspecified atom stereocenters. The van der Waals surface area contributed by atoms with Crippen molar-refractivity contribution in [3.8, 4) is 0 Å². The average Bonchev–Trinajstić information content (AvgIpc) is 2.72. The maximum atomic E-state index is 12.5. The zero-order valence-electron chi connectivity index (χ0n) is 13.6. The third kappa shape index (κ3) is 6.76. The minimum absolute atomic E-state index is 0.0985. The Bertz CT molecular complexity index is 423. The van der Waals surface area contributed by atoms with Crippen LogP contribution in [0.4, 0.5) is 0 Å². The van der Waals surface area contributed by atoms with Gasteiger partial charge in [0.25, 0.3) is 10.2 Å². The molecule has 1 aliphatic heterocycles. The Kier molecular flexibility index (Phi) is 7.09. The summed E-state index contributed by atoms with van der Waals surface area (Å²) in [6.45, 7) is 9.75. The molecule has 0 aliphatic carbocycles. The van der Waals surface area contributed by atoms with Crippen molar-refractivity contribution < 1.29 is 13.2 Å². The van der Waals surface area contributed by atoms with E-state index in [-0.39, 0.29) is 18.4 Å². The molecular weight excluding hydrogens is 290 g/mol. The van der Waals surface area contributed by atoms with Crippen molar-refractivity contribution in [1.82, 2.24) is 14.3 Å². The number of hydrogen-bond donors (Lipinski definition) is 2. The monoisotopic (exact) mass is 319 g/mol. The molecule has 1 heterocycles. The van der Waals surface area contributed by atoms with Crippen LogP contribution in [0.25, 0.3) is 0 Å². The van der Waals surface area contributed by atoms with Gasteiger partial charge in [-0.1, -0.05) is 27.7 Å². The Morgan fingerprint density at radius 1 is 1.19 bits per heavy atom. The second kappa shape index (κ2) is 8.10. The van der Waals surface area contributed by atoms with Crippen LogP contribution in [0.2, 0.25) is 0 Å². The average molecular weight is 319 g/mol. The van der Waals surface area contributed by atoms with Crippen LogP contribution in [0.1, 0.15) is 47.0 Å². The molecule has 0 aromatic carbocycles. The Balaban J connectivity index is 2.66. The fourth-order valence-electron chi connectivity index (χ4n) is 2.13. The summed E-state index contributed by atoms with van der Waals surface area (Å²) < 4.78 is 29.2. The number of amides is 1. The fraction of sp³-hybridized carbons (Fsp3) is 0.929. The lowest BCUT2D eigenvalue weighted by Gasteiger charge is -2.25. The smallest absolute Gasteiger partial charge is 0.279 e. The molecule has 0 radical (unpaired) electrons. The first kappa shape index (κ1) is 18.4. The van der Waals surface area contributed by atoms with Crippen LogP contribution in [0.15, 0.2) is 0 Å². The van der Waals surface area contributed by atoms with Gasteiger partial charge in [0.2, 0.25) is 5.91 Å². The molecule has 0 bridgehead atoms. The van der Waals surface area contributed by atoms with Crippen LogP contribution in [0.5, 0.6) is 0 Å². The van der Waals surface area contributed by atoms with E-state index in [4.69, 9.17) is 0 Å². The van der Waals surface area contributed by atoms with Gasteiger partial charge in [-0.25, -0.2) is 0 Å². The molecule has 0 aromatic rings. The van der Waals surface area contributed by atoms with E-state index in [9.17, 15) is 13.2 Å². The molecule has 0 spiro atoms. The Morgan fingerprint density at radius 2 is 1.71 bits per heavy atom. The van der Waals surface area contributed by atoms with Crippen LogP contribution < -0.4 is 10.0 Å². The van der Waals surface area contributed by atoms with Crippen molar-refractivity contribution in [3.63, 3.8) is 0 Å². The van der Waals surface area contributed by atoms with E-state index in [0.717, 1.165) is 12.8 Å². The normalized spacial score (nSPS) is 19.8. The van der Waals surface area contributed by atoms with Gasteiger partial charge >= 0.3 is 0 Å². The maximum Gasteiger partial charge on any atom is 0.279 e.